The van der Waals surface area contributed by atoms with Crippen molar-refractivity contribution in [3.05, 3.63) is 35.4 Å². The van der Waals surface area contributed by atoms with Crippen molar-refractivity contribution in [1.82, 2.24) is 5.32 Å². The van der Waals surface area contributed by atoms with Crippen LogP contribution in [0.15, 0.2) is 24.3 Å². The van der Waals surface area contributed by atoms with Crippen molar-refractivity contribution in [2.75, 3.05) is 6.61 Å². The van der Waals surface area contributed by atoms with Crippen molar-refractivity contribution >= 4 is 0 Å². The molecule has 2 nitrogen and oxygen atoms in total. The number of nitrogens with one attached hydrogen (secondary N) is 1. The van der Waals surface area contributed by atoms with Crippen LogP contribution in [0.3, 0.4) is 0 Å². The van der Waals surface area contributed by atoms with Crippen LogP contribution in [-0.2, 0) is 6.54 Å². The highest BCUT2D eigenvalue weighted by Crippen LogP contribution is 2.31. The number of halogens is 2. The smallest absolute Gasteiger partial charge is 0.263 e. The average molecular weight is 241 g/mol. The Morgan fingerprint density at radius 3 is 2.65 bits per heavy atom. The lowest BCUT2D eigenvalue weighted by Crippen LogP contribution is -2.53. The number of hydrogen-bond donors (Lipinski definition) is 2. The van der Waals surface area contributed by atoms with Gasteiger partial charge in [-0.15, -0.1) is 0 Å². The minimum Gasteiger partial charge on any atom is -0.394 e. The Morgan fingerprint density at radius 2 is 2.12 bits per heavy atom. The standard InChI is InChI=1S/C13H17F2NO/c14-12(15)11-4-1-3-10(7-11)8-16-13(9-17)5-2-6-13/h1,3-4,7,12,16-17H,2,5-6,8-9H2. The molecule has 0 spiro atoms. The largest absolute Gasteiger partial charge is 0.394 e. The fourth-order valence-corrected chi connectivity index (χ4v) is 2.12. The van der Waals surface area contributed by atoms with E-state index in [1.807, 2.05) is 6.07 Å². The monoisotopic (exact) mass is 241 g/mol. The molecule has 1 fully saturated rings. The zero-order valence-electron chi connectivity index (χ0n) is 9.63. The van der Waals surface area contributed by atoms with Crippen molar-refractivity contribution in [3.8, 4) is 0 Å². The molecule has 17 heavy (non-hydrogen) atoms. The van der Waals surface area contributed by atoms with Crippen molar-refractivity contribution in [1.29, 1.82) is 0 Å². The Bertz CT molecular complexity index is 372. The highest BCUT2D eigenvalue weighted by atomic mass is 19.3. The maximum absolute atomic E-state index is 12.5. The van der Waals surface area contributed by atoms with Gasteiger partial charge in [0.05, 0.1) is 6.61 Å². The third kappa shape index (κ3) is 2.82. The van der Waals surface area contributed by atoms with Gasteiger partial charge in [-0.25, -0.2) is 8.78 Å². The van der Waals surface area contributed by atoms with E-state index < -0.39 is 6.43 Å². The lowest BCUT2D eigenvalue weighted by Gasteiger charge is -2.41. The van der Waals surface area contributed by atoms with Crippen LogP contribution in [0, 0.1) is 0 Å². The molecule has 0 saturated heterocycles. The molecule has 2 N–H and O–H groups in total. The average Bonchev–Trinajstić information content (AvgIpc) is 2.28. The molecule has 0 unspecified atom stereocenters. The second kappa shape index (κ2) is 5.10. The summed E-state index contributed by atoms with van der Waals surface area (Å²) in [5.74, 6) is 0. The van der Waals surface area contributed by atoms with E-state index in [1.165, 1.54) is 12.1 Å². The van der Waals surface area contributed by atoms with E-state index in [-0.39, 0.29) is 17.7 Å². The SMILES string of the molecule is OCC1(NCc2cccc(C(F)F)c2)CCC1. The Morgan fingerprint density at radius 1 is 1.35 bits per heavy atom. The van der Waals surface area contributed by atoms with Gasteiger partial charge in [-0.05, 0) is 30.9 Å². The molecule has 1 aromatic carbocycles. The molecular weight excluding hydrogens is 224 g/mol. The van der Waals surface area contributed by atoms with Gasteiger partial charge < -0.3 is 10.4 Å². The van der Waals surface area contributed by atoms with Gasteiger partial charge in [0.2, 0.25) is 0 Å². The number of aliphatic hydroxyl groups excluding tert-OH is 1. The van der Waals surface area contributed by atoms with Gasteiger partial charge in [0.25, 0.3) is 6.43 Å². The molecule has 0 heterocycles. The fraction of sp³-hybridized carbons (Fsp3) is 0.538. The minimum atomic E-state index is -2.43. The molecule has 1 aromatic rings. The van der Waals surface area contributed by atoms with Crippen molar-refractivity contribution in [2.45, 2.75) is 37.8 Å². The summed E-state index contributed by atoms with van der Waals surface area (Å²) in [6.07, 6.45) is 0.603. The van der Waals surface area contributed by atoms with Crippen LogP contribution in [0.4, 0.5) is 8.78 Å². The van der Waals surface area contributed by atoms with E-state index in [0.29, 0.717) is 6.54 Å². The molecule has 2 rings (SSSR count). The molecule has 94 valence electrons. The summed E-state index contributed by atoms with van der Waals surface area (Å²) in [5.41, 5.74) is 0.708. The maximum atomic E-state index is 12.5. The molecule has 0 bridgehead atoms. The Hall–Kier alpha value is -1.00. The number of hydrogen-bond acceptors (Lipinski definition) is 2. The molecule has 0 radical (unpaired) electrons. The van der Waals surface area contributed by atoms with Gasteiger partial charge in [-0.2, -0.15) is 0 Å². The van der Waals surface area contributed by atoms with E-state index in [1.54, 1.807) is 6.07 Å². The van der Waals surface area contributed by atoms with Gasteiger partial charge in [0, 0.05) is 17.6 Å². The summed E-state index contributed by atoms with van der Waals surface area (Å²) >= 11 is 0. The normalized spacial score (nSPS) is 18.1. The van der Waals surface area contributed by atoms with E-state index in [0.717, 1.165) is 24.8 Å². The molecule has 0 aliphatic heterocycles. The topological polar surface area (TPSA) is 32.3 Å². The first-order valence-electron chi connectivity index (χ1n) is 5.88. The van der Waals surface area contributed by atoms with Crippen molar-refractivity contribution in [3.63, 3.8) is 0 Å². The third-order valence-corrected chi connectivity index (χ3v) is 3.48. The van der Waals surface area contributed by atoms with Crippen LogP contribution in [0.5, 0.6) is 0 Å². The van der Waals surface area contributed by atoms with Crippen molar-refractivity contribution in [2.24, 2.45) is 0 Å². The quantitative estimate of drug-likeness (QED) is 0.830. The number of rotatable bonds is 5. The van der Waals surface area contributed by atoms with E-state index in [4.69, 9.17) is 0 Å². The summed E-state index contributed by atoms with van der Waals surface area (Å²) in [6.45, 7) is 0.642. The summed E-state index contributed by atoms with van der Waals surface area (Å²) in [6, 6.07) is 6.41. The molecule has 4 heteroatoms. The zero-order valence-corrected chi connectivity index (χ0v) is 9.63. The zero-order chi connectivity index (χ0) is 12.3. The Kier molecular flexibility index (Phi) is 3.74. The van der Waals surface area contributed by atoms with Gasteiger partial charge in [0.15, 0.2) is 0 Å². The number of aliphatic hydroxyl groups is 1. The predicted molar refractivity (Wildman–Crippen MR) is 61.9 cm³/mol. The highest BCUT2D eigenvalue weighted by molar-refractivity contribution is 5.24. The molecular formula is C13H17F2NO. The second-order valence-electron chi connectivity index (χ2n) is 4.69. The van der Waals surface area contributed by atoms with Crippen LogP contribution in [-0.4, -0.2) is 17.3 Å². The molecule has 0 atom stereocenters. The lowest BCUT2D eigenvalue weighted by molar-refractivity contribution is 0.0871. The van der Waals surface area contributed by atoms with Crippen LogP contribution in [0.2, 0.25) is 0 Å². The first-order valence-corrected chi connectivity index (χ1v) is 5.88. The van der Waals surface area contributed by atoms with E-state index in [9.17, 15) is 13.9 Å². The Balaban J connectivity index is 1.96. The van der Waals surface area contributed by atoms with Crippen LogP contribution >= 0.6 is 0 Å². The first kappa shape index (κ1) is 12.5. The highest BCUT2D eigenvalue weighted by Gasteiger charge is 2.35. The third-order valence-electron chi connectivity index (χ3n) is 3.48. The predicted octanol–water partition coefficient (Wildman–Crippen LogP) is 2.63. The summed E-state index contributed by atoms with van der Waals surface area (Å²) in [7, 11) is 0. The number of benzene rings is 1. The van der Waals surface area contributed by atoms with Gasteiger partial charge in [0.1, 0.15) is 0 Å². The van der Waals surface area contributed by atoms with Gasteiger partial charge in [-0.3, -0.25) is 0 Å². The van der Waals surface area contributed by atoms with Crippen molar-refractivity contribution < 1.29 is 13.9 Å². The van der Waals surface area contributed by atoms with Gasteiger partial charge in [-0.1, -0.05) is 18.2 Å². The van der Waals surface area contributed by atoms with Crippen LogP contribution in [0.1, 0.15) is 36.8 Å². The summed E-state index contributed by atoms with van der Waals surface area (Å²) in [5, 5.41) is 12.5. The molecule has 0 amide bonds. The maximum Gasteiger partial charge on any atom is 0.263 e. The summed E-state index contributed by atoms with van der Waals surface area (Å²) < 4.78 is 25.0. The Labute approximate surface area is 99.7 Å². The fourth-order valence-electron chi connectivity index (χ4n) is 2.12. The molecule has 1 aliphatic rings. The second-order valence-corrected chi connectivity index (χ2v) is 4.69. The van der Waals surface area contributed by atoms with Crippen LogP contribution in [0.25, 0.3) is 0 Å². The lowest BCUT2D eigenvalue weighted by atomic mass is 9.77. The molecule has 1 aliphatic carbocycles. The number of alkyl halides is 2. The molecule has 1 saturated carbocycles. The summed E-state index contributed by atoms with van der Waals surface area (Å²) in [4.78, 5) is 0. The van der Waals surface area contributed by atoms with Gasteiger partial charge >= 0.3 is 0 Å². The molecule has 0 aromatic heterocycles. The minimum absolute atomic E-state index is 0.0518. The van der Waals surface area contributed by atoms with E-state index >= 15 is 0 Å². The van der Waals surface area contributed by atoms with E-state index in [2.05, 4.69) is 5.32 Å². The first-order chi connectivity index (χ1) is 8.15. The van der Waals surface area contributed by atoms with Crippen LogP contribution < -0.4 is 5.32 Å².